The number of rotatable bonds is 6. The zero-order chi connectivity index (χ0) is 18.1. The summed E-state index contributed by atoms with van der Waals surface area (Å²) in [6.07, 6.45) is 9.50. The first-order valence-corrected chi connectivity index (χ1v) is 9.55. The van der Waals surface area contributed by atoms with Crippen molar-refractivity contribution in [3.05, 3.63) is 48.0 Å². The fraction of sp³-hybridized carbons (Fsp3) is 0.524. The molecule has 1 aromatic carbocycles. The van der Waals surface area contributed by atoms with E-state index in [2.05, 4.69) is 10.3 Å². The van der Waals surface area contributed by atoms with Gasteiger partial charge in [-0.25, -0.2) is 4.98 Å². The largest absolute Gasteiger partial charge is 0.496 e. The van der Waals surface area contributed by atoms with Gasteiger partial charge in [-0.2, -0.15) is 0 Å². The maximum atomic E-state index is 12.9. The van der Waals surface area contributed by atoms with Gasteiger partial charge in [0.1, 0.15) is 17.6 Å². The molecule has 5 heteroatoms. The summed E-state index contributed by atoms with van der Waals surface area (Å²) in [7, 11) is 3.61. The van der Waals surface area contributed by atoms with Gasteiger partial charge in [0.2, 0.25) is 5.91 Å². The molecule has 1 aromatic heterocycles. The van der Waals surface area contributed by atoms with Crippen LogP contribution >= 0.6 is 0 Å². The molecule has 2 saturated carbocycles. The number of benzene rings is 1. The molecule has 0 spiro atoms. The van der Waals surface area contributed by atoms with Crippen molar-refractivity contribution >= 4 is 5.91 Å². The lowest BCUT2D eigenvalue weighted by molar-refractivity contribution is -0.123. The number of amides is 1. The van der Waals surface area contributed by atoms with Crippen LogP contribution in [0.1, 0.15) is 49.5 Å². The molecule has 2 fully saturated rings. The summed E-state index contributed by atoms with van der Waals surface area (Å²) < 4.78 is 7.48. The van der Waals surface area contributed by atoms with Crippen molar-refractivity contribution < 1.29 is 9.53 Å². The van der Waals surface area contributed by atoms with Crippen molar-refractivity contribution in [3.8, 4) is 5.75 Å². The van der Waals surface area contributed by atoms with E-state index >= 15 is 0 Å². The lowest BCUT2D eigenvalue weighted by atomic mass is 9.86. The molecule has 0 saturated heterocycles. The second kappa shape index (κ2) is 7.14. The lowest BCUT2D eigenvalue weighted by Crippen LogP contribution is -2.33. The summed E-state index contributed by atoms with van der Waals surface area (Å²) in [5.74, 6) is 3.85. The Morgan fingerprint density at radius 1 is 1.35 bits per heavy atom. The Hall–Kier alpha value is -2.30. The molecular formula is C21H27N3O2. The van der Waals surface area contributed by atoms with Gasteiger partial charge in [-0.15, -0.1) is 0 Å². The number of fused-ring (bicyclic) bond motifs is 2. The standard InChI is InChI=1S/C21H27N3O2/c1-24-10-9-22-21(24)20(17-5-3-4-6-18(17)26-2)23-19(25)13-16-12-14-7-8-15(16)11-14/h3-6,9-10,14-16,20H,7-8,11-13H2,1-2H3,(H,23,25)/t14-,15-,16+,20-/m0/s1. The van der Waals surface area contributed by atoms with Gasteiger partial charge in [-0.05, 0) is 43.1 Å². The van der Waals surface area contributed by atoms with E-state index in [1.807, 2.05) is 42.1 Å². The molecule has 1 N–H and O–H groups in total. The number of methoxy groups -OCH3 is 1. The second-order valence-electron chi connectivity index (χ2n) is 7.78. The number of hydrogen-bond donors (Lipinski definition) is 1. The molecule has 0 unspecified atom stereocenters. The third-order valence-electron chi connectivity index (χ3n) is 6.20. The minimum atomic E-state index is -0.308. The molecule has 2 aliphatic rings. The van der Waals surface area contributed by atoms with Crippen molar-refractivity contribution in [2.24, 2.45) is 24.8 Å². The van der Waals surface area contributed by atoms with Crippen LogP contribution in [0.25, 0.3) is 0 Å². The highest BCUT2D eigenvalue weighted by Gasteiger charge is 2.40. The first kappa shape index (κ1) is 17.1. The highest BCUT2D eigenvalue weighted by molar-refractivity contribution is 5.77. The van der Waals surface area contributed by atoms with Crippen molar-refractivity contribution in [3.63, 3.8) is 0 Å². The van der Waals surface area contributed by atoms with E-state index in [-0.39, 0.29) is 11.9 Å². The molecular weight excluding hydrogens is 326 g/mol. The molecule has 0 aliphatic heterocycles. The van der Waals surface area contributed by atoms with E-state index in [1.54, 1.807) is 13.3 Å². The first-order chi connectivity index (χ1) is 12.7. The number of aromatic nitrogens is 2. The van der Waals surface area contributed by atoms with Gasteiger partial charge >= 0.3 is 0 Å². The number of para-hydroxylation sites is 1. The number of nitrogens with one attached hydrogen (secondary N) is 1. The highest BCUT2D eigenvalue weighted by atomic mass is 16.5. The summed E-state index contributed by atoms with van der Waals surface area (Å²) in [5.41, 5.74) is 0.936. The van der Waals surface area contributed by atoms with E-state index < -0.39 is 0 Å². The van der Waals surface area contributed by atoms with Crippen LogP contribution in [0.2, 0.25) is 0 Å². The molecule has 4 rings (SSSR count). The molecule has 138 valence electrons. The molecule has 0 radical (unpaired) electrons. The van der Waals surface area contributed by atoms with Crippen LogP contribution in [0.3, 0.4) is 0 Å². The fourth-order valence-corrected chi connectivity index (χ4v) is 4.93. The van der Waals surface area contributed by atoms with Crippen molar-refractivity contribution in [1.82, 2.24) is 14.9 Å². The topological polar surface area (TPSA) is 56.1 Å². The number of nitrogens with zero attached hydrogens (tertiary/aromatic N) is 2. The van der Waals surface area contributed by atoms with E-state index in [9.17, 15) is 4.79 Å². The quantitative estimate of drug-likeness (QED) is 0.865. The Labute approximate surface area is 154 Å². The first-order valence-electron chi connectivity index (χ1n) is 9.55. The molecule has 2 aromatic rings. The Kier molecular flexibility index (Phi) is 4.70. The van der Waals surface area contributed by atoms with Gasteiger partial charge in [0.15, 0.2) is 0 Å². The maximum absolute atomic E-state index is 12.9. The normalized spacial score (nSPS) is 25.2. The zero-order valence-corrected chi connectivity index (χ0v) is 15.5. The van der Waals surface area contributed by atoms with Crippen molar-refractivity contribution in [2.75, 3.05) is 7.11 Å². The summed E-state index contributed by atoms with van der Waals surface area (Å²) >= 11 is 0. The fourth-order valence-electron chi connectivity index (χ4n) is 4.93. The van der Waals surface area contributed by atoms with Gasteiger partial charge in [0.05, 0.1) is 7.11 Å². The molecule has 4 atom stereocenters. The number of aryl methyl sites for hydroxylation is 1. The van der Waals surface area contributed by atoms with E-state index in [1.165, 1.54) is 25.7 Å². The van der Waals surface area contributed by atoms with Crippen LogP contribution in [0.4, 0.5) is 0 Å². The van der Waals surface area contributed by atoms with Crippen LogP contribution < -0.4 is 10.1 Å². The Morgan fingerprint density at radius 2 is 2.19 bits per heavy atom. The molecule has 26 heavy (non-hydrogen) atoms. The third-order valence-corrected chi connectivity index (χ3v) is 6.20. The minimum absolute atomic E-state index is 0.112. The van der Waals surface area contributed by atoms with Crippen molar-refractivity contribution in [2.45, 2.75) is 38.1 Å². The van der Waals surface area contributed by atoms with Crippen LogP contribution in [0.15, 0.2) is 36.7 Å². The summed E-state index contributed by atoms with van der Waals surface area (Å²) in [6, 6.07) is 7.52. The van der Waals surface area contributed by atoms with Crippen LogP contribution in [0, 0.1) is 17.8 Å². The van der Waals surface area contributed by atoms with E-state index in [0.29, 0.717) is 12.3 Å². The Bertz CT molecular complexity index is 785. The van der Waals surface area contributed by atoms with E-state index in [4.69, 9.17) is 4.74 Å². The summed E-state index contributed by atoms with van der Waals surface area (Å²) in [5, 5.41) is 3.24. The maximum Gasteiger partial charge on any atom is 0.221 e. The number of carbonyl (C=O) groups is 1. The number of imidazole rings is 1. The predicted molar refractivity (Wildman–Crippen MR) is 99.7 cm³/mol. The van der Waals surface area contributed by atoms with Crippen LogP contribution in [-0.2, 0) is 11.8 Å². The van der Waals surface area contributed by atoms with Crippen LogP contribution in [-0.4, -0.2) is 22.6 Å². The number of hydrogen-bond acceptors (Lipinski definition) is 3. The van der Waals surface area contributed by atoms with Gasteiger partial charge < -0.3 is 14.6 Å². The lowest BCUT2D eigenvalue weighted by Gasteiger charge is -2.24. The summed E-state index contributed by atoms with van der Waals surface area (Å²) in [4.78, 5) is 17.4. The third kappa shape index (κ3) is 3.22. The molecule has 2 aliphatic carbocycles. The average molecular weight is 353 g/mol. The minimum Gasteiger partial charge on any atom is -0.496 e. The van der Waals surface area contributed by atoms with Gasteiger partial charge in [0, 0.05) is 31.4 Å². The Balaban J connectivity index is 1.55. The smallest absolute Gasteiger partial charge is 0.221 e. The predicted octanol–water partition coefficient (Wildman–Crippen LogP) is 3.46. The molecule has 5 nitrogen and oxygen atoms in total. The van der Waals surface area contributed by atoms with Crippen LogP contribution in [0.5, 0.6) is 5.75 Å². The Morgan fingerprint density at radius 3 is 2.85 bits per heavy atom. The van der Waals surface area contributed by atoms with E-state index in [0.717, 1.165) is 29.0 Å². The number of ether oxygens (including phenoxy) is 1. The van der Waals surface area contributed by atoms with Gasteiger partial charge in [0.25, 0.3) is 0 Å². The monoisotopic (exact) mass is 353 g/mol. The SMILES string of the molecule is COc1ccccc1[C@H](NC(=O)C[C@H]1C[C@H]2CC[C@H]1C2)c1nccn1C. The second-order valence-corrected chi connectivity index (χ2v) is 7.78. The van der Waals surface area contributed by atoms with Gasteiger partial charge in [-0.3, -0.25) is 4.79 Å². The summed E-state index contributed by atoms with van der Waals surface area (Å²) in [6.45, 7) is 0. The zero-order valence-electron chi connectivity index (χ0n) is 15.5. The molecule has 1 heterocycles. The molecule has 1 amide bonds. The van der Waals surface area contributed by atoms with Gasteiger partial charge in [-0.1, -0.05) is 24.6 Å². The number of carbonyl (C=O) groups excluding carboxylic acids is 1. The highest BCUT2D eigenvalue weighted by Crippen LogP contribution is 2.49. The molecule has 2 bridgehead atoms. The average Bonchev–Trinajstić information content (AvgIpc) is 3.37. The van der Waals surface area contributed by atoms with Crippen molar-refractivity contribution in [1.29, 1.82) is 0 Å².